The monoisotopic (exact) mass is 578 g/mol. The van der Waals surface area contributed by atoms with Gasteiger partial charge in [0.15, 0.2) is 5.54 Å². The highest BCUT2D eigenvalue weighted by Gasteiger charge is 2.60. The molecule has 1 aromatic carbocycles. The Hall–Kier alpha value is -3.36. The molecule has 1 fully saturated rings. The fourth-order valence-corrected chi connectivity index (χ4v) is 5.73. The maximum Gasteiger partial charge on any atom is 0.416 e. The molecule has 0 bridgehead atoms. The van der Waals surface area contributed by atoms with E-state index in [1.54, 1.807) is 4.72 Å². The van der Waals surface area contributed by atoms with Crippen LogP contribution >= 0.6 is 0 Å². The van der Waals surface area contributed by atoms with Gasteiger partial charge < -0.3 is 5.32 Å². The zero-order chi connectivity index (χ0) is 28.6. The summed E-state index contributed by atoms with van der Waals surface area (Å²) >= 11 is 0. The van der Waals surface area contributed by atoms with E-state index in [2.05, 4.69) is 10.2 Å². The van der Waals surface area contributed by atoms with Crippen LogP contribution in [0.1, 0.15) is 55.3 Å². The maximum absolute atomic E-state index is 14.7. The van der Waals surface area contributed by atoms with Crippen molar-refractivity contribution >= 4 is 27.4 Å². The number of aryl methyl sites for hydroxylation is 1. The average Bonchev–Trinajstić information content (AvgIpc) is 3.56. The smallest absolute Gasteiger partial charge is 0.334 e. The Bertz CT molecular complexity index is 1360. The van der Waals surface area contributed by atoms with Gasteiger partial charge in [-0.1, -0.05) is 24.3 Å². The summed E-state index contributed by atoms with van der Waals surface area (Å²) in [4.78, 5) is 26.0. The lowest BCUT2D eigenvalue weighted by Crippen LogP contribution is -2.60. The van der Waals surface area contributed by atoms with Crippen molar-refractivity contribution in [2.75, 3.05) is 0 Å². The summed E-state index contributed by atoms with van der Waals surface area (Å²) in [5, 5.41) is 7.19. The number of halogens is 6. The Morgan fingerprint density at radius 2 is 1.72 bits per heavy atom. The van der Waals surface area contributed by atoms with Gasteiger partial charge in [0, 0.05) is 19.0 Å². The third-order valence-corrected chi connectivity index (χ3v) is 8.47. The van der Waals surface area contributed by atoms with Gasteiger partial charge >= 0.3 is 12.4 Å². The highest BCUT2D eigenvalue weighted by atomic mass is 32.2. The van der Waals surface area contributed by atoms with Crippen LogP contribution < -0.4 is 10.0 Å². The molecule has 2 aromatic rings. The molecule has 2 aliphatic rings. The predicted octanol–water partition coefficient (Wildman–Crippen LogP) is 4.02. The molecular weight excluding hydrogens is 554 g/mol. The highest BCUT2D eigenvalue weighted by Crippen LogP contribution is 2.48. The lowest BCUT2D eigenvalue weighted by molar-refractivity contribution is -0.202. The first kappa shape index (κ1) is 28.6. The van der Waals surface area contributed by atoms with Crippen molar-refractivity contribution in [3.63, 3.8) is 0 Å². The predicted molar refractivity (Wildman–Crippen MR) is 126 cm³/mol. The summed E-state index contributed by atoms with van der Waals surface area (Å²) in [6.07, 6.45) is -9.19. The van der Waals surface area contributed by atoms with E-state index in [-0.39, 0.29) is 36.1 Å². The van der Waals surface area contributed by atoms with Crippen molar-refractivity contribution in [2.24, 2.45) is 0 Å². The number of alkyl halides is 6. The number of H-pyrrole nitrogens is 1. The average molecular weight is 579 g/mol. The first-order valence-corrected chi connectivity index (χ1v) is 13.5. The van der Waals surface area contributed by atoms with Gasteiger partial charge in [-0.05, 0) is 54.9 Å². The number of aromatic nitrogens is 2. The number of sulfonamides is 1. The zero-order valence-electron chi connectivity index (χ0n) is 20.2. The molecule has 212 valence electrons. The van der Waals surface area contributed by atoms with Crippen molar-refractivity contribution < 1.29 is 44.3 Å². The van der Waals surface area contributed by atoms with Gasteiger partial charge in [0.2, 0.25) is 10.0 Å². The Morgan fingerprint density at radius 3 is 2.26 bits per heavy atom. The van der Waals surface area contributed by atoms with Crippen LogP contribution in [0.2, 0.25) is 0 Å². The van der Waals surface area contributed by atoms with Crippen LogP contribution in [-0.2, 0) is 31.6 Å². The first-order chi connectivity index (χ1) is 18.1. The molecule has 1 saturated carbocycles. The number of carbonyl (C=O) groups excluding carboxylic acids is 2. The van der Waals surface area contributed by atoms with Crippen LogP contribution in [0.3, 0.4) is 0 Å². The summed E-state index contributed by atoms with van der Waals surface area (Å²) in [5.41, 5.74) is -4.09. The van der Waals surface area contributed by atoms with Crippen LogP contribution in [-0.4, -0.2) is 48.0 Å². The van der Waals surface area contributed by atoms with Gasteiger partial charge in [-0.25, -0.2) is 13.1 Å². The van der Waals surface area contributed by atoms with Crippen LogP contribution in [0.4, 0.5) is 26.3 Å². The van der Waals surface area contributed by atoms with E-state index in [1.165, 1.54) is 24.4 Å². The third-order valence-electron chi connectivity index (χ3n) is 6.66. The Balaban J connectivity index is 1.67. The van der Waals surface area contributed by atoms with Crippen LogP contribution in [0.15, 0.2) is 42.1 Å². The second kappa shape index (κ2) is 10.3. The van der Waals surface area contributed by atoms with Gasteiger partial charge in [-0.2, -0.15) is 31.4 Å². The number of amides is 2. The third kappa shape index (κ3) is 6.28. The van der Waals surface area contributed by atoms with Gasteiger partial charge in [-0.15, -0.1) is 0 Å². The summed E-state index contributed by atoms with van der Waals surface area (Å²) in [5.74, 6) is -2.78. The number of aromatic amines is 1. The van der Waals surface area contributed by atoms with Crippen molar-refractivity contribution in [3.8, 4) is 0 Å². The molecule has 8 nitrogen and oxygen atoms in total. The number of hydrogen-bond donors (Lipinski definition) is 3. The molecule has 0 unspecified atom stereocenters. The van der Waals surface area contributed by atoms with E-state index in [0.717, 1.165) is 12.1 Å². The number of nitrogens with one attached hydrogen (secondary N) is 3. The van der Waals surface area contributed by atoms with Crippen molar-refractivity contribution in [3.05, 3.63) is 58.9 Å². The summed E-state index contributed by atoms with van der Waals surface area (Å²) in [6.45, 7) is 0. The van der Waals surface area contributed by atoms with Crippen molar-refractivity contribution in [1.29, 1.82) is 0 Å². The van der Waals surface area contributed by atoms with Gasteiger partial charge in [0.25, 0.3) is 11.8 Å². The normalized spacial score (nSPS) is 20.6. The molecule has 15 heteroatoms. The molecule has 1 aliphatic heterocycles. The molecule has 2 heterocycles. The lowest BCUT2D eigenvalue weighted by Gasteiger charge is -2.41. The molecule has 2 amide bonds. The first-order valence-electron chi connectivity index (χ1n) is 12.0. The van der Waals surface area contributed by atoms with Crippen molar-refractivity contribution in [1.82, 2.24) is 20.2 Å². The van der Waals surface area contributed by atoms with Gasteiger partial charge in [0.1, 0.15) is 5.57 Å². The minimum absolute atomic E-state index is 0.0753. The number of unbranched alkanes of at least 4 members (excludes halogenated alkanes) is 1. The molecule has 0 spiro atoms. The Kier molecular flexibility index (Phi) is 7.58. The standard InChI is InChI=1S/C24H24F6N4O4S/c25-23(26,27)11-2-1-3-14-4-6-15(7-5-14)22(24(28,29)30)13-17(18-10-12-31-33-18)19(20(35)32-22)21(36)34-39(37,38)16-8-9-16/h4-7,10,12,16H,1-3,8-9,11,13H2,(H,31,33)(H,32,35)(H,34,36)/t22-/m0/s1. The minimum atomic E-state index is -5.07. The highest BCUT2D eigenvalue weighted by molar-refractivity contribution is 7.91. The summed E-state index contributed by atoms with van der Waals surface area (Å²) < 4.78 is 107. The fourth-order valence-electron chi connectivity index (χ4n) is 4.45. The number of nitrogens with zero attached hydrogens (tertiary/aromatic N) is 1. The molecule has 39 heavy (non-hydrogen) atoms. The van der Waals surface area contributed by atoms with E-state index in [0.29, 0.717) is 18.4 Å². The van der Waals surface area contributed by atoms with Crippen LogP contribution in [0.5, 0.6) is 0 Å². The molecule has 1 aromatic heterocycles. The van der Waals surface area contributed by atoms with E-state index in [4.69, 9.17) is 0 Å². The summed E-state index contributed by atoms with van der Waals surface area (Å²) in [7, 11) is -4.11. The SMILES string of the molecule is O=C1N[C@@](c2ccc(CCCCC(F)(F)F)cc2)(C(F)(F)F)CC(c2ccn[nH]2)=C1C(=O)NS(=O)(=O)C1CC1. The molecule has 1 atom stereocenters. The Morgan fingerprint density at radius 1 is 1.05 bits per heavy atom. The number of hydrogen-bond acceptors (Lipinski definition) is 5. The molecule has 1 aliphatic carbocycles. The van der Waals surface area contributed by atoms with Gasteiger partial charge in [0.05, 0.1) is 10.9 Å². The molecule has 4 rings (SSSR count). The number of rotatable bonds is 9. The van der Waals surface area contributed by atoms with Gasteiger partial charge in [-0.3, -0.25) is 14.7 Å². The second-order valence-corrected chi connectivity index (χ2v) is 11.5. The summed E-state index contributed by atoms with van der Waals surface area (Å²) in [6, 6.07) is 6.18. The van der Waals surface area contributed by atoms with Crippen LogP contribution in [0, 0.1) is 0 Å². The fraction of sp³-hybridized carbons (Fsp3) is 0.458. The number of benzene rings is 1. The second-order valence-electron chi connectivity index (χ2n) is 9.55. The molecule has 0 saturated heterocycles. The van der Waals surface area contributed by atoms with Crippen LogP contribution in [0.25, 0.3) is 5.57 Å². The van der Waals surface area contributed by atoms with Crippen molar-refractivity contribution in [2.45, 2.75) is 68.1 Å². The quantitative estimate of drug-likeness (QED) is 0.236. The van der Waals surface area contributed by atoms with E-state index in [9.17, 15) is 44.3 Å². The Labute approximate surface area is 219 Å². The molecular formula is C24H24F6N4O4S. The zero-order valence-corrected chi connectivity index (χ0v) is 21.1. The topological polar surface area (TPSA) is 121 Å². The van der Waals surface area contributed by atoms with E-state index in [1.807, 2.05) is 5.32 Å². The lowest BCUT2D eigenvalue weighted by atomic mass is 9.77. The van der Waals surface area contributed by atoms with E-state index < -0.39 is 63.4 Å². The molecule has 0 radical (unpaired) electrons. The maximum atomic E-state index is 14.7. The molecule has 3 N–H and O–H groups in total. The number of carbonyl (C=O) groups is 2. The largest absolute Gasteiger partial charge is 0.416 e. The van der Waals surface area contributed by atoms with E-state index >= 15 is 0 Å². The minimum Gasteiger partial charge on any atom is -0.334 e.